The zero-order chi connectivity index (χ0) is 23.1. The van der Waals surface area contributed by atoms with Gasteiger partial charge in [-0.15, -0.1) is 0 Å². The van der Waals surface area contributed by atoms with E-state index in [0.29, 0.717) is 17.4 Å². The number of aryl methyl sites for hydroxylation is 2. The summed E-state index contributed by atoms with van der Waals surface area (Å²) in [5.74, 6) is 0.538. The molecule has 1 aromatic heterocycles. The third kappa shape index (κ3) is 4.29. The van der Waals surface area contributed by atoms with Crippen LogP contribution in [0.15, 0.2) is 29.2 Å². The molecule has 1 aromatic carbocycles. The van der Waals surface area contributed by atoms with Gasteiger partial charge in [0.25, 0.3) is 0 Å². The molecule has 0 saturated carbocycles. The van der Waals surface area contributed by atoms with Crippen molar-refractivity contribution in [2.24, 2.45) is 0 Å². The predicted molar refractivity (Wildman–Crippen MR) is 113 cm³/mol. The molecule has 4 rings (SSSR count). The minimum Gasteiger partial charge on any atom is -0.353 e. The van der Waals surface area contributed by atoms with Crippen molar-refractivity contribution < 1.29 is 21.6 Å². The van der Waals surface area contributed by atoms with Gasteiger partial charge < -0.3 is 4.90 Å². The Labute approximate surface area is 189 Å². The molecule has 1 saturated heterocycles. The third-order valence-corrected chi connectivity index (χ3v) is 8.04. The highest BCUT2D eigenvalue weighted by atomic mass is 35.5. The van der Waals surface area contributed by atoms with Crippen LogP contribution in [-0.2, 0) is 29.0 Å². The number of halogens is 4. The van der Waals surface area contributed by atoms with Crippen molar-refractivity contribution in [3.8, 4) is 6.07 Å². The normalized spacial score (nSPS) is 17.7. The Morgan fingerprint density at radius 1 is 1.06 bits per heavy atom. The maximum Gasteiger partial charge on any atom is 0.417 e. The minimum atomic E-state index is -4.76. The van der Waals surface area contributed by atoms with Crippen LogP contribution in [0.25, 0.3) is 0 Å². The van der Waals surface area contributed by atoms with E-state index in [1.807, 2.05) is 11.0 Å². The van der Waals surface area contributed by atoms with Gasteiger partial charge in [0.15, 0.2) is 0 Å². The van der Waals surface area contributed by atoms with E-state index in [4.69, 9.17) is 16.6 Å². The van der Waals surface area contributed by atoms with Gasteiger partial charge in [-0.1, -0.05) is 11.6 Å². The van der Waals surface area contributed by atoms with E-state index in [1.54, 1.807) is 0 Å². The van der Waals surface area contributed by atoms with Crippen LogP contribution in [0.3, 0.4) is 0 Å². The number of nitrogens with zero attached hydrogens (tertiary/aromatic N) is 4. The molecule has 1 aliphatic heterocycles. The molecule has 0 spiro atoms. The Bertz CT molecular complexity index is 1190. The van der Waals surface area contributed by atoms with Crippen molar-refractivity contribution in [1.29, 1.82) is 5.26 Å². The quantitative estimate of drug-likeness (QED) is 0.657. The second kappa shape index (κ2) is 8.54. The highest BCUT2D eigenvalue weighted by Gasteiger charge is 2.36. The van der Waals surface area contributed by atoms with Crippen LogP contribution in [0.4, 0.5) is 19.0 Å². The molecule has 0 atom stereocenters. The summed E-state index contributed by atoms with van der Waals surface area (Å²) >= 11 is 5.61. The van der Waals surface area contributed by atoms with Crippen LogP contribution in [-0.4, -0.2) is 43.9 Å². The van der Waals surface area contributed by atoms with Crippen LogP contribution < -0.4 is 4.90 Å². The zero-order valence-corrected chi connectivity index (χ0v) is 18.6. The van der Waals surface area contributed by atoms with Gasteiger partial charge in [0.05, 0.1) is 21.0 Å². The summed E-state index contributed by atoms with van der Waals surface area (Å²) in [4.78, 5) is 6.11. The van der Waals surface area contributed by atoms with Crippen molar-refractivity contribution in [1.82, 2.24) is 9.29 Å². The second-order valence-electron chi connectivity index (χ2n) is 7.81. The summed E-state index contributed by atoms with van der Waals surface area (Å²) < 4.78 is 66.5. The van der Waals surface area contributed by atoms with Crippen molar-refractivity contribution in [2.75, 3.05) is 31.1 Å². The summed E-state index contributed by atoms with van der Waals surface area (Å²) in [6.07, 6.45) is -0.910. The van der Waals surface area contributed by atoms with Gasteiger partial charge in [-0.2, -0.15) is 22.7 Å². The van der Waals surface area contributed by atoms with Gasteiger partial charge in [-0.25, -0.2) is 13.4 Å². The first-order valence-corrected chi connectivity index (χ1v) is 12.0. The average molecular weight is 485 g/mol. The lowest BCUT2D eigenvalue weighted by atomic mass is 9.95. The minimum absolute atomic E-state index is 0.0654. The number of rotatable bonds is 3. The smallest absolute Gasteiger partial charge is 0.353 e. The molecule has 0 amide bonds. The Kier molecular flexibility index (Phi) is 6.09. The largest absolute Gasteiger partial charge is 0.417 e. The number of pyridine rings is 1. The molecule has 2 aromatic rings. The number of nitriles is 1. The summed E-state index contributed by atoms with van der Waals surface area (Å²) in [5.41, 5.74) is 1.33. The molecule has 1 fully saturated rings. The van der Waals surface area contributed by atoms with E-state index in [0.717, 1.165) is 53.4 Å². The molecule has 0 unspecified atom stereocenters. The van der Waals surface area contributed by atoms with Gasteiger partial charge in [0.1, 0.15) is 11.9 Å². The van der Waals surface area contributed by atoms with E-state index in [9.17, 15) is 26.9 Å². The summed E-state index contributed by atoms with van der Waals surface area (Å²) in [6, 6.07) is 6.65. The van der Waals surface area contributed by atoms with Crippen LogP contribution in [0.2, 0.25) is 5.02 Å². The second-order valence-corrected chi connectivity index (χ2v) is 10.2. The number of aromatic nitrogens is 1. The van der Waals surface area contributed by atoms with Gasteiger partial charge in [0, 0.05) is 31.9 Å². The number of sulfonamides is 1. The molecule has 0 radical (unpaired) electrons. The first kappa shape index (κ1) is 22.8. The summed E-state index contributed by atoms with van der Waals surface area (Å²) in [5, 5.41) is 9.02. The Balaban J connectivity index is 1.55. The van der Waals surface area contributed by atoms with E-state index >= 15 is 0 Å². The lowest BCUT2D eigenvalue weighted by Gasteiger charge is -2.35. The van der Waals surface area contributed by atoms with Crippen LogP contribution in [0.1, 0.15) is 35.2 Å². The van der Waals surface area contributed by atoms with E-state index in [2.05, 4.69) is 6.07 Å². The molecular formula is C21H20ClF3N4O2S. The molecule has 32 heavy (non-hydrogen) atoms. The number of piperazine rings is 1. The Morgan fingerprint density at radius 2 is 1.75 bits per heavy atom. The molecule has 170 valence electrons. The monoisotopic (exact) mass is 484 g/mol. The van der Waals surface area contributed by atoms with Crippen molar-refractivity contribution in [3.63, 3.8) is 0 Å². The number of anilines is 1. The van der Waals surface area contributed by atoms with Gasteiger partial charge in [-0.05, 0) is 55.5 Å². The first-order chi connectivity index (χ1) is 15.1. The highest BCUT2D eigenvalue weighted by Crippen LogP contribution is 2.36. The first-order valence-electron chi connectivity index (χ1n) is 10.2. The van der Waals surface area contributed by atoms with E-state index in [-0.39, 0.29) is 26.2 Å². The highest BCUT2D eigenvalue weighted by molar-refractivity contribution is 7.89. The van der Waals surface area contributed by atoms with E-state index < -0.39 is 31.7 Å². The fourth-order valence-corrected chi connectivity index (χ4v) is 5.79. The zero-order valence-electron chi connectivity index (χ0n) is 17.0. The van der Waals surface area contributed by atoms with Crippen LogP contribution in [0.5, 0.6) is 0 Å². The molecule has 0 N–H and O–H groups in total. The van der Waals surface area contributed by atoms with Crippen LogP contribution >= 0.6 is 11.6 Å². The molecular weight excluding hydrogens is 465 g/mol. The van der Waals surface area contributed by atoms with Gasteiger partial charge in [0.2, 0.25) is 10.0 Å². The van der Waals surface area contributed by atoms with Gasteiger partial charge in [-0.3, -0.25) is 0 Å². The molecule has 2 aliphatic rings. The van der Waals surface area contributed by atoms with Crippen molar-refractivity contribution >= 4 is 27.4 Å². The number of alkyl halides is 3. The number of benzene rings is 1. The third-order valence-electron chi connectivity index (χ3n) is 5.82. The lowest BCUT2D eigenvalue weighted by molar-refractivity contribution is -0.137. The summed E-state index contributed by atoms with van der Waals surface area (Å²) in [7, 11) is -4.13. The SMILES string of the molecule is N#Cc1cc2c(nc1N1CCN(S(=O)(=O)c3ccc(Cl)c(C(F)(F)F)c3)CC1)CCCC2. The fraction of sp³-hybridized carbons (Fsp3) is 0.429. The van der Waals surface area contributed by atoms with E-state index in [1.165, 1.54) is 0 Å². The lowest BCUT2D eigenvalue weighted by Crippen LogP contribution is -2.49. The van der Waals surface area contributed by atoms with Gasteiger partial charge >= 0.3 is 6.18 Å². The Morgan fingerprint density at radius 3 is 2.41 bits per heavy atom. The molecule has 11 heteroatoms. The van der Waals surface area contributed by atoms with Crippen molar-refractivity contribution in [3.05, 3.63) is 51.7 Å². The standard InChI is InChI=1S/C21H20ClF3N4O2S/c22-18-6-5-16(12-17(18)21(23,24)25)32(30,31)29-9-7-28(8-10-29)20-15(13-26)11-14-3-1-2-4-19(14)27-20/h5-6,11-12H,1-4,7-10H2. The fourth-order valence-electron chi connectivity index (χ4n) is 4.12. The topological polar surface area (TPSA) is 77.3 Å². The van der Waals surface area contributed by atoms with Crippen LogP contribution in [0, 0.1) is 11.3 Å². The summed E-state index contributed by atoms with van der Waals surface area (Å²) in [6.45, 7) is 0.685. The molecule has 2 heterocycles. The number of hydrogen-bond acceptors (Lipinski definition) is 5. The average Bonchev–Trinajstić information content (AvgIpc) is 2.77. The Hall–Kier alpha value is -2.35. The number of hydrogen-bond donors (Lipinski definition) is 0. The number of fused-ring (bicyclic) bond motifs is 1. The molecule has 6 nitrogen and oxygen atoms in total. The predicted octanol–water partition coefficient (Wildman–Crippen LogP) is 4.02. The molecule has 0 bridgehead atoms. The maximum absolute atomic E-state index is 13.2. The van der Waals surface area contributed by atoms with Crippen molar-refractivity contribution in [2.45, 2.75) is 36.8 Å². The maximum atomic E-state index is 13.2. The molecule has 1 aliphatic carbocycles.